The van der Waals surface area contributed by atoms with Crippen LogP contribution in [0.25, 0.3) is 11.0 Å². The van der Waals surface area contributed by atoms with Crippen molar-refractivity contribution in [3.8, 4) is 0 Å². The van der Waals surface area contributed by atoms with Crippen LogP contribution in [0.5, 0.6) is 0 Å². The monoisotopic (exact) mass is 281 g/mol. The fraction of sp³-hybridized carbons (Fsp3) is 0.133. The molecule has 1 aromatic carbocycles. The zero-order valence-corrected chi connectivity index (χ0v) is 11.6. The summed E-state index contributed by atoms with van der Waals surface area (Å²) in [6.45, 7) is 2.08. The predicted octanol–water partition coefficient (Wildman–Crippen LogP) is 1.47. The van der Waals surface area contributed by atoms with E-state index < -0.39 is 0 Å². The van der Waals surface area contributed by atoms with Gasteiger partial charge in [0.15, 0.2) is 0 Å². The van der Waals surface area contributed by atoms with Gasteiger partial charge >= 0.3 is 0 Å². The number of carbonyl (C=O) groups excluding carboxylic acids is 1. The van der Waals surface area contributed by atoms with Crippen molar-refractivity contribution < 1.29 is 4.79 Å². The highest BCUT2D eigenvalue weighted by Gasteiger charge is 2.16. The lowest BCUT2D eigenvalue weighted by Gasteiger charge is -2.06. The minimum absolute atomic E-state index is 0.156. The third kappa shape index (κ3) is 2.25. The molecule has 0 saturated heterocycles. The molecule has 0 aliphatic carbocycles. The fourth-order valence-corrected chi connectivity index (χ4v) is 2.33. The van der Waals surface area contributed by atoms with Crippen LogP contribution in [-0.4, -0.2) is 20.4 Å². The van der Waals surface area contributed by atoms with Crippen molar-refractivity contribution in [2.75, 3.05) is 5.73 Å². The summed E-state index contributed by atoms with van der Waals surface area (Å²) < 4.78 is 1.57. The van der Waals surface area contributed by atoms with E-state index in [1.807, 2.05) is 0 Å². The highest BCUT2D eigenvalue weighted by Crippen LogP contribution is 2.20. The van der Waals surface area contributed by atoms with E-state index in [9.17, 15) is 4.79 Å². The van der Waals surface area contributed by atoms with Crippen molar-refractivity contribution in [3.63, 3.8) is 0 Å². The van der Waals surface area contributed by atoms with E-state index in [0.29, 0.717) is 34.8 Å². The molecule has 0 atom stereocenters. The van der Waals surface area contributed by atoms with Gasteiger partial charge in [0.25, 0.3) is 5.91 Å². The number of hydrogen-bond acceptors (Lipinski definition) is 5. The van der Waals surface area contributed by atoms with Crippen molar-refractivity contribution in [2.24, 2.45) is 5.73 Å². The lowest BCUT2D eigenvalue weighted by molar-refractivity contribution is 0.0962. The summed E-state index contributed by atoms with van der Waals surface area (Å²) in [4.78, 5) is 21.2. The van der Waals surface area contributed by atoms with Gasteiger partial charge in [-0.25, -0.2) is 4.98 Å². The minimum atomic E-state index is -0.156. The molecule has 21 heavy (non-hydrogen) atoms. The molecular weight excluding hydrogens is 266 g/mol. The number of rotatable bonds is 2. The number of benzene rings is 1. The van der Waals surface area contributed by atoms with E-state index in [0.717, 1.165) is 5.52 Å². The molecule has 3 rings (SSSR count). The zero-order valence-electron chi connectivity index (χ0n) is 11.6. The maximum Gasteiger partial charge on any atom is 0.263 e. The smallest absolute Gasteiger partial charge is 0.263 e. The number of pyridine rings is 1. The first-order valence-corrected chi connectivity index (χ1v) is 6.54. The van der Waals surface area contributed by atoms with Crippen LogP contribution in [-0.2, 0) is 6.54 Å². The van der Waals surface area contributed by atoms with Crippen LogP contribution in [0.1, 0.15) is 21.9 Å². The minimum Gasteiger partial charge on any atom is -0.399 e. The Morgan fingerprint density at radius 2 is 2.10 bits per heavy atom. The maximum atomic E-state index is 12.7. The van der Waals surface area contributed by atoms with Crippen LogP contribution in [0.4, 0.5) is 5.69 Å². The molecule has 0 saturated carbocycles. The number of carbonyl (C=O) groups is 1. The molecule has 0 bridgehead atoms. The summed E-state index contributed by atoms with van der Waals surface area (Å²) in [5, 5.41) is 0. The van der Waals surface area contributed by atoms with Crippen molar-refractivity contribution >= 4 is 22.6 Å². The van der Waals surface area contributed by atoms with E-state index >= 15 is 0 Å². The first kappa shape index (κ1) is 13.3. The summed E-state index contributed by atoms with van der Waals surface area (Å²) in [5.74, 6) is 0.462. The predicted molar refractivity (Wildman–Crippen MR) is 80.7 cm³/mol. The van der Waals surface area contributed by atoms with Gasteiger partial charge in [0.1, 0.15) is 5.82 Å². The Hall–Kier alpha value is -2.73. The third-order valence-electron chi connectivity index (χ3n) is 3.32. The van der Waals surface area contributed by atoms with Crippen LogP contribution >= 0.6 is 0 Å². The van der Waals surface area contributed by atoms with Gasteiger partial charge in [0, 0.05) is 24.0 Å². The van der Waals surface area contributed by atoms with E-state index in [1.165, 1.54) is 0 Å². The molecule has 0 aliphatic rings. The number of hydrogen-bond donors (Lipinski definition) is 2. The number of fused-ring (bicyclic) bond motifs is 1. The van der Waals surface area contributed by atoms with Crippen LogP contribution in [0, 0.1) is 6.92 Å². The molecular formula is C15H15N5O. The van der Waals surface area contributed by atoms with Gasteiger partial charge in [0.05, 0.1) is 16.7 Å². The first-order chi connectivity index (χ1) is 10.1. The SMILES string of the molecule is Cc1nc2cc(N)ccc2n1C(=O)c1ccnc(CN)c1. The number of nitrogens with two attached hydrogens (primary N) is 2. The first-order valence-electron chi connectivity index (χ1n) is 6.54. The molecule has 0 spiro atoms. The van der Waals surface area contributed by atoms with E-state index in [1.54, 1.807) is 48.0 Å². The number of nitrogen functional groups attached to an aromatic ring is 1. The molecule has 0 unspecified atom stereocenters. The Morgan fingerprint density at radius 1 is 1.29 bits per heavy atom. The largest absolute Gasteiger partial charge is 0.399 e. The van der Waals surface area contributed by atoms with Crippen molar-refractivity contribution in [1.29, 1.82) is 0 Å². The Labute approximate surface area is 121 Å². The summed E-state index contributed by atoms with van der Waals surface area (Å²) in [5.41, 5.74) is 14.6. The molecule has 4 N–H and O–H groups in total. The Kier molecular flexibility index (Phi) is 3.15. The molecule has 106 valence electrons. The summed E-state index contributed by atoms with van der Waals surface area (Å²) in [6, 6.07) is 8.68. The van der Waals surface area contributed by atoms with Gasteiger partial charge in [-0.2, -0.15) is 0 Å². The van der Waals surface area contributed by atoms with E-state index in [-0.39, 0.29) is 5.91 Å². The van der Waals surface area contributed by atoms with Gasteiger partial charge in [-0.1, -0.05) is 0 Å². The molecule has 0 amide bonds. The Morgan fingerprint density at radius 3 is 2.86 bits per heavy atom. The lowest BCUT2D eigenvalue weighted by atomic mass is 10.2. The van der Waals surface area contributed by atoms with Crippen LogP contribution in [0.15, 0.2) is 36.5 Å². The molecule has 6 heteroatoms. The second kappa shape index (κ2) is 4.99. The quantitative estimate of drug-likeness (QED) is 0.693. The molecule has 2 aromatic heterocycles. The Balaban J connectivity index is 2.15. The third-order valence-corrected chi connectivity index (χ3v) is 3.32. The topological polar surface area (TPSA) is 99.8 Å². The standard InChI is InChI=1S/C15H15N5O/c1-9-19-13-7-11(17)2-3-14(13)20(9)15(21)10-4-5-18-12(6-10)8-16/h2-7H,8,16-17H2,1H3. The normalized spacial score (nSPS) is 11.0. The average molecular weight is 281 g/mol. The molecule has 0 fully saturated rings. The van der Waals surface area contributed by atoms with Gasteiger partial charge in [-0.05, 0) is 37.3 Å². The van der Waals surface area contributed by atoms with Crippen molar-refractivity contribution in [2.45, 2.75) is 13.5 Å². The van der Waals surface area contributed by atoms with Gasteiger partial charge in [0.2, 0.25) is 0 Å². The number of nitrogens with zero attached hydrogens (tertiary/aromatic N) is 3. The van der Waals surface area contributed by atoms with Crippen LogP contribution in [0.2, 0.25) is 0 Å². The second-order valence-corrected chi connectivity index (χ2v) is 4.79. The van der Waals surface area contributed by atoms with Gasteiger partial charge in [-0.15, -0.1) is 0 Å². The highest BCUT2D eigenvalue weighted by atomic mass is 16.2. The summed E-state index contributed by atoms with van der Waals surface area (Å²) in [6.07, 6.45) is 1.59. The number of aromatic nitrogens is 3. The lowest BCUT2D eigenvalue weighted by Crippen LogP contribution is -2.14. The molecule has 0 aliphatic heterocycles. The van der Waals surface area contributed by atoms with Gasteiger partial charge < -0.3 is 11.5 Å². The summed E-state index contributed by atoms with van der Waals surface area (Å²) in [7, 11) is 0. The van der Waals surface area contributed by atoms with Gasteiger partial charge in [-0.3, -0.25) is 14.3 Å². The van der Waals surface area contributed by atoms with Crippen LogP contribution in [0.3, 0.4) is 0 Å². The average Bonchev–Trinajstić information content (AvgIpc) is 2.81. The number of anilines is 1. The molecule has 0 radical (unpaired) electrons. The second-order valence-electron chi connectivity index (χ2n) is 4.79. The Bertz CT molecular complexity index is 837. The summed E-state index contributed by atoms with van der Waals surface area (Å²) >= 11 is 0. The number of imidazole rings is 1. The highest BCUT2D eigenvalue weighted by molar-refractivity contribution is 6.02. The maximum absolute atomic E-state index is 12.7. The molecule has 3 aromatic rings. The molecule has 2 heterocycles. The van der Waals surface area contributed by atoms with E-state index in [2.05, 4.69) is 9.97 Å². The fourth-order valence-electron chi connectivity index (χ4n) is 2.33. The molecule has 6 nitrogen and oxygen atoms in total. The zero-order chi connectivity index (χ0) is 15.0. The number of aryl methyl sites for hydroxylation is 1. The van der Waals surface area contributed by atoms with Crippen molar-refractivity contribution in [3.05, 3.63) is 53.6 Å². The van der Waals surface area contributed by atoms with Crippen molar-refractivity contribution in [1.82, 2.24) is 14.5 Å². The van der Waals surface area contributed by atoms with E-state index in [4.69, 9.17) is 11.5 Å². The van der Waals surface area contributed by atoms with Crippen LogP contribution < -0.4 is 11.5 Å².